The number of hydrogen-bond acceptors (Lipinski definition) is 4. The number of thiophene rings is 1. The van der Waals surface area contributed by atoms with Crippen molar-refractivity contribution in [2.24, 2.45) is 5.73 Å². The molecular formula is C11H13N3O2S. The Hall–Kier alpha value is -1.87. The summed E-state index contributed by atoms with van der Waals surface area (Å²) in [6.07, 6.45) is 0.436. The lowest BCUT2D eigenvalue weighted by atomic mass is 10.1. The number of rotatable bonds is 4. The molecule has 1 heterocycles. The van der Waals surface area contributed by atoms with Gasteiger partial charge in [0.1, 0.15) is 11.4 Å². The van der Waals surface area contributed by atoms with Gasteiger partial charge in [-0.2, -0.15) is 5.26 Å². The molecule has 90 valence electrons. The number of amides is 2. The zero-order chi connectivity index (χ0) is 13.0. The van der Waals surface area contributed by atoms with Crippen LogP contribution in [0, 0.1) is 18.3 Å². The highest BCUT2D eigenvalue weighted by Gasteiger charge is 2.20. The van der Waals surface area contributed by atoms with Crippen molar-refractivity contribution >= 4 is 28.2 Å². The van der Waals surface area contributed by atoms with E-state index in [2.05, 4.69) is 5.32 Å². The second-order valence-electron chi connectivity index (χ2n) is 3.44. The summed E-state index contributed by atoms with van der Waals surface area (Å²) in [7, 11) is 0. The average Bonchev–Trinajstić information content (AvgIpc) is 2.54. The van der Waals surface area contributed by atoms with E-state index >= 15 is 0 Å². The lowest BCUT2D eigenvalue weighted by molar-refractivity contribution is -0.115. The van der Waals surface area contributed by atoms with Crippen LogP contribution in [0.4, 0.5) is 5.00 Å². The van der Waals surface area contributed by atoms with Gasteiger partial charge in [0, 0.05) is 4.88 Å². The van der Waals surface area contributed by atoms with Crippen LogP contribution in [-0.4, -0.2) is 11.8 Å². The largest absolute Gasteiger partial charge is 0.365 e. The number of carbonyl (C=O) groups excluding carboxylic acids is 2. The molecule has 0 aliphatic heterocycles. The van der Waals surface area contributed by atoms with Gasteiger partial charge in [-0.15, -0.1) is 11.3 Å². The van der Waals surface area contributed by atoms with Crippen LogP contribution in [-0.2, 0) is 11.2 Å². The highest BCUT2D eigenvalue weighted by Crippen LogP contribution is 2.33. The van der Waals surface area contributed by atoms with Crippen LogP contribution in [0.3, 0.4) is 0 Å². The molecule has 3 N–H and O–H groups in total. The summed E-state index contributed by atoms with van der Waals surface area (Å²) in [5.74, 6) is -0.989. The summed E-state index contributed by atoms with van der Waals surface area (Å²) in [6, 6.07) is 1.75. The number of primary amides is 1. The van der Waals surface area contributed by atoms with E-state index in [1.54, 1.807) is 6.07 Å². The zero-order valence-corrected chi connectivity index (χ0v) is 10.5. The molecule has 0 fully saturated rings. The van der Waals surface area contributed by atoms with Crippen molar-refractivity contribution in [3.05, 3.63) is 16.0 Å². The van der Waals surface area contributed by atoms with Crippen molar-refractivity contribution < 1.29 is 9.59 Å². The molecule has 0 aliphatic carbocycles. The van der Waals surface area contributed by atoms with Gasteiger partial charge in [-0.1, -0.05) is 6.92 Å². The Morgan fingerprint density at radius 1 is 1.53 bits per heavy atom. The van der Waals surface area contributed by atoms with E-state index in [0.29, 0.717) is 17.0 Å². The van der Waals surface area contributed by atoms with Crippen LogP contribution in [0.5, 0.6) is 0 Å². The van der Waals surface area contributed by atoms with E-state index in [-0.39, 0.29) is 6.42 Å². The Labute approximate surface area is 103 Å². The predicted octanol–water partition coefficient (Wildman–Crippen LogP) is 1.57. The minimum atomic E-state index is -0.557. The van der Waals surface area contributed by atoms with Gasteiger partial charge < -0.3 is 11.1 Å². The first-order chi connectivity index (χ1) is 8.01. The summed E-state index contributed by atoms with van der Waals surface area (Å²) in [5.41, 5.74) is 6.52. The highest BCUT2D eigenvalue weighted by molar-refractivity contribution is 7.16. The number of aryl methyl sites for hydroxylation is 1. The third-order valence-corrected chi connectivity index (χ3v) is 3.36. The Balaban J connectivity index is 3.12. The van der Waals surface area contributed by atoms with Gasteiger partial charge in [-0.25, -0.2) is 0 Å². The maximum absolute atomic E-state index is 11.4. The highest BCUT2D eigenvalue weighted by atomic mass is 32.1. The minimum absolute atomic E-state index is 0.239. The van der Waals surface area contributed by atoms with E-state index in [1.807, 2.05) is 13.8 Å². The maximum atomic E-state index is 11.4. The molecule has 0 bridgehead atoms. The molecule has 1 rings (SSSR count). The molecule has 1 aromatic heterocycles. The molecule has 5 nitrogen and oxygen atoms in total. The number of hydrogen-bond donors (Lipinski definition) is 2. The molecule has 1 aromatic rings. The number of nitrogens with one attached hydrogen (secondary N) is 1. The third-order valence-electron chi connectivity index (χ3n) is 2.30. The standard InChI is InChI=1S/C11H13N3O2S/c1-3-7-6(2)17-11(9(7)10(13)16)14-8(15)4-5-12/h3-4H2,1-2H3,(H2,13,16)(H,14,15). The van der Waals surface area contributed by atoms with Gasteiger partial charge in [0.25, 0.3) is 5.91 Å². The minimum Gasteiger partial charge on any atom is -0.365 e. The monoisotopic (exact) mass is 251 g/mol. The fourth-order valence-corrected chi connectivity index (χ4v) is 2.76. The third kappa shape index (κ3) is 2.82. The molecule has 0 radical (unpaired) electrons. The first kappa shape index (κ1) is 13.2. The molecule has 0 saturated carbocycles. The number of nitriles is 1. The summed E-state index contributed by atoms with van der Waals surface area (Å²) in [4.78, 5) is 23.6. The topological polar surface area (TPSA) is 96.0 Å². The zero-order valence-electron chi connectivity index (χ0n) is 9.66. The molecule has 0 unspecified atom stereocenters. The van der Waals surface area contributed by atoms with Gasteiger partial charge in [0.05, 0.1) is 11.6 Å². The van der Waals surface area contributed by atoms with E-state index in [4.69, 9.17) is 11.0 Å². The quantitative estimate of drug-likeness (QED) is 0.850. The Morgan fingerprint density at radius 2 is 2.18 bits per heavy atom. The van der Waals surface area contributed by atoms with E-state index in [0.717, 1.165) is 10.4 Å². The lowest BCUT2D eigenvalue weighted by Crippen LogP contribution is -2.17. The Bertz CT molecular complexity index is 500. The summed E-state index contributed by atoms with van der Waals surface area (Å²) in [5, 5.41) is 11.4. The molecule has 0 aliphatic rings. The van der Waals surface area contributed by atoms with Crippen molar-refractivity contribution in [1.82, 2.24) is 0 Å². The first-order valence-corrected chi connectivity index (χ1v) is 5.91. The maximum Gasteiger partial charge on any atom is 0.251 e. The molecule has 6 heteroatoms. The number of anilines is 1. The Kier molecular flexibility index (Phi) is 4.24. The van der Waals surface area contributed by atoms with Gasteiger partial charge in [0.15, 0.2) is 0 Å². The van der Waals surface area contributed by atoms with Gasteiger partial charge in [0.2, 0.25) is 5.91 Å². The van der Waals surface area contributed by atoms with Crippen molar-refractivity contribution in [2.45, 2.75) is 26.7 Å². The fourth-order valence-electron chi connectivity index (χ4n) is 1.60. The first-order valence-electron chi connectivity index (χ1n) is 5.10. The molecule has 0 spiro atoms. The van der Waals surface area contributed by atoms with Gasteiger partial charge in [-0.05, 0) is 18.9 Å². The Morgan fingerprint density at radius 3 is 2.65 bits per heavy atom. The fraction of sp³-hybridized carbons (Fsp3) is 0.364. The molecule has 0 aromatic carbocycles. The van der Waals surface area contributed by atoms with E-state index < -0.39 is 11.8 Å². The van der Waals surface area contributed by atoms with Gasteiger partial charge >= 0.3 is 0 Å². The molecule has 0 atom stereocenters. The van der Waals surface area contributed by atoms with Crippen molar-refractivity contribution in [1.29, 1.82) is 5.26 Å². The molecular weight excluding hydrogens is 238 g/mol. The summed E-state index contributed by atoms with van der Waals surface area (Å²) in [6.45, 7) is 3.79. The van der Waals surface area contributed by atoms with E-state index in [9.17, 15) is 9.59 Å². The van der Waals surface area contributed by atoms with Crippen molar-refractivity contribution in [3.63, 3.8) is 0 Å². The summed E-state index contributed by atoms with van der Waals surface area (Å²) < 4.78 is 0. The van der Waals surface area contributed by atoms with Crippen LogP contribution in [0.2, 0.25) is 0 Å². The van der Waals surface area contributed by atoms with Crippen LogP contribution >= 0.6 is 11.3 Å². The van der Waals surface area contributed by atoms with Crippen molar-refractivity contribution in [2.75, 3.05) is 5.32 Å². The van der Waals surface area contributed by atoms with Crippen LogP contribution in [0.15, 0.2) is 0 Å². The van der Waals surface area contributed by atoms with Crippen LogP contribution in [0.1, 0.15) is 34.1 Å². The second kappa shape index (κ2) is 5.46. The number of nitrogens with zero attached hydrogens (tertiary/aromatic N) is 1. The predicted molar refractivity (Wildman–Crippen MR) is 65.8 cm³/mol. The second-order valence-corrected chi connectivity index (χ2v) is 4.67. The van der Waals surface area contributed by atoms with E-state index in [1.165, 1.54) is 11.3 Å². The smallest absolute Gasteiger partial charge is 0.251 e. The normalized spacial score (nSPS) is 9.71. The molecule has 0 saturated heterocycles. The SMILES string of the molecule is CCc1c(C)sc(NC(=O)CC#N)c1C(N)=O. The number of carbonyl (C=O) groups is 2. The summed E-state index contributed by atoms with van der Waals surface area (Å²) >= 11 is 1.31. The molecule has 17 heavy (non-hydrogen) atoms. The van der Waals surface area contributed by atoms with Crippen LogP contribution in [0.25, 0.3) is 0 Å². The molecule has 2 amide bonds. The van der Waals surface area contributed by atoms with Crippen LogP contribution < -0.4 is 11.1 Å². The van der Waals surface area contributed by atoms with Gasteiger partial charge in [-0.3, -0.25) is 9.59 Å². The average molecular weight is 251 g/mol. The van der Waals surface area contributed by atoms with Crippen molar-refractivity contribution in [3.8, 4) is 6.07 Å². The lowest BCUT2D eigenvalue weighted by Gasteiger charge is -2.03. The number of nitrogens with two attached hydrogens (primary N) is 1.